The molecule has 0 amide bonds. The molecule has 6 heteroatoms. The quantitative estimate of drug-likeness (QED) is 0.161. The molecular weight excluding hydrogens is 757 g/mol. The normalized spacial score (nSPS) is 15.4. The van der Waals surface area contributed by atoms with E-state index in [0.717, 1.165) is 39.3 Å². The average molecular weight is 795 g/mol. The highest BCUT2D eigenvalue weighted by atomic mass is 15.2. The fraction of sp³-hybridized carbons (Fsp3) is 0.0357. The first-order valence-corrected chi connectivity index (χ1v) is 21.1. The van der Waals surface area contributed by atoms with Gasteiger partial charge in [-0.05, 0) is 76.9 Å². The zero-order valence-corrected chi connectivity index (χ0v) is 33.6. The monoisotopic (exact) mass is 794 g/mol. The van der Waals surface area contributed by atoms with Gasteiger partial charge in [-0.3, -0.25) is 4.98 Å². The van der Waals surface area contributed by atoms with Crippen molar-refractivity contribution in [2.45, 2.75) is 12.0 Å². The van der Waals surface area contributed by atoms with Crippen molar-refractivity contribution in [1.29, 1.82) is 0 Å². The lowest BCUT2D eigenvalue weighted by atomic mass is 9.87. The van der Waals surface area contributed by atoms with Gasteiger partial charge in [-0.1, -0.05) is 158 Å². The number of hydrogen-bond donors (Lipinski definition) is 0. The smallest absolute Gasteiger partial charge is 0.164 e. The number of fused-ring (bicyclic) bond motifs is 6. The van der Waals surface area contributed by atoms with Crippen LogP contribution < -0.4 is 4.90 Å². The van der Waals surface area contributed by atoms with E-state index in [4.69, 9.17) is 19.9 Å². The topological polar surface area (TPSA) is 59.7 Å². The Balaban J connectivity index is 0.916. The van der Waals surface area contributed by atoms with E-state index in [1.54, 1.807) is 0 Å². The van der Waals surface area contributed by atoms with Crippen LogP contribution in [0.4, 0.5) is 11.4 Å². The largest absolute Gasteiger partial charge is 0.333 e. The van der Waals surface area contributed by atoms with Gasteiger partial charge in [-0.2, -0.15) is 0 Å². The third-order valence-corrected chi connectivity index (χ3v) is 12.2. The molecule has 6 nitrogen and oxygen atoms in total. The van der Waals surface area contributed by atoms with E-state index in [0.29, 0.717) is 17.5 Å². The molecule has 0 saturated carbocycles. The van der Waals surface area contributed by atoms with Crippen LogP contribution in [0.3, 0.4) is 0 Å². The molecule has 4 heterocycles. The summed E-state index contributed by atoms with van der Waals surface area (Å²) >= 11 is 0. The van der Waals surface area contributed by atoms with Crippen molar-refractivity contribution in [2.24, 2.45) is 0 Å². The highest BCUT2D eigenvalue weighted by Crippen LogP contribution is 2.49. The molecular formula is C56H38N6. The lowest BCUT2D eigenvalue weighted by Crippen LogP contribution is -2.29. The van der Waals surface area contributed by atoms with Crippen molar-refractivity contribution < 1.29 is 0 Å². The van der Waals surface area contributed by atoms with Crippen LogP contribution in [0.5, 0.6) is 0 Å². The Morgan fingerprint density at radius 2 is 1.10 bits per heavy atom. The molecule has 3 aromatic heterocycles. The molecule has 2 unspecified atom stereocenters. The van der Waals surface area contributed by atoms with Crippen molar-refractivity contribution >= 4 is 38.8 Å². The fourth-order valence-electron chi connectivity index (χ4n) is 9.40. The third kappa shape index (κ3) is 6.03. The van der Waals surface area contributed by atoms with E-state index in [-0.39, 0.29) is 12.0 Å². The second-order valence-electron chi connectivity index (χ2n) is 15.8. The van der Waals surface area contributed by atoms with E-state index in [2.05, 4.69) is 155 Å². The second kappa shape index (κ2) is 14.8. The average Bonchev–Trinajstić information content (AvgIpc) is 3.87. The summed E-state index contributed by atoms with van der Waals surface area (Å²) in [6, 6.07) is 68.3. The molecule has 0 saturated heterocycles. The third-order valence-electron chi connectivity index (χ3n) is 12.2. The van der Waals surface area contributed by atoms with Crippen LogP contribution in [0, 0.1) is 0 Å². The minimum atomic E-state index is 0.0579. The number of rotatable bonds is 7. The maximum Gasteiger partial charge on any atom is 0.164 e. The summed E-state index contributed by atoms with van der Waals surface area (Å²) < 4.78 is 2.38. The Morgan fingerprint density at radius 1 is 0.468 bits per heavy atom. The van der Waals surface area contributed by atoms with Gasteiger partial charge in [-0.25, -0.2) is 15.0 Å². The summed E-state index contributed by atoms with van der Waals surface area (Å²) in [5.41, 5.74) is 14.3. The number of allylic oxidation sites excluding steroid dienone is 2. The molecule has 2 atom stereocenters. The van der Waals surface area contributed by atoms with Crippen molar-refractivity contribution in [3.05, 3.63) is 230 Å². The van der Waals surface area contributed by atoms with E-state index < -0.39 is 0 Å². The Bertz CT molecular complexity index is 3300. The van der Waals surface area contributed by atoms with Gasteiger partial charge in [0.05, 0.1) is 22.8 Å². The standard InChI is InChI=1S/C56H38N6/c1-4-15-38(16-5-1)54-58-55(39-17-6-2-7-18-39)60-56(59-54)41-33-34-57-48(35-41)40-29-32-46-45-21-10-12-24-49(45)62(52(46)36-40)43-30-27-37(28-31-43)44-23-14-26-51-53(44)47-22-11-13-25-50(47)61(51)42-19-8-3-9-20-42/h1-36,46,52H. The van der Waals surface area contributed by atoms with E-state index in [9.17, 15) is 0 Å². The van der Waals surface area contributed by atoms with Crippen molar-refractivity contribution in [2.75, 3.05) is 4.90 Å². The summed E-state index contributed by atoms with van der Waals surface area (Å²) in [7, 11) is 0. The van der Waals surface area contributed by atoms with E-state index in [1.807, 2.05) is 72.9 Å². The number of pyridine rings is 1. The lowest BCUT2D eigenvalue weighted by Gasteiger charge is -2.30. The number of nitrogens with zero attached hydrogens (tertiary/aromatic N) is 6. The summed E-state index contributed by atoms with van der Waals surface area (Å²) in [5, 5.41) is 2.51. The summed E-state index contributed by atoms with van der Waals surface area (Å²) in [4.78, 5) is 22.3. The van der Waals surface area contributed by atoms with Crippen LogP contribution in [-0.4, -0.2) is 30.5 Å². The fourth-order valence-corrected chi connectivity index (χ4v) is 9.40. The first-order chi connectivity index (χ1) is 30.7. The molecule has 292 valence electrons. The SMILES string of the molecule is C1=CC2c3ccccc3N(c3ccc(-c4cccc5c4c4ccccc4n5-c4ccccc4)cc3)C2C=C1c1cc(-c2nc(-c3ccccc3)nc(-c3ccccc3)n2)ccn1. The van der Waals surface area contributed by atoms with Crippen LogP contribution >= 0.6 is 0 Å². The van der Waals surface area contributed by atoms with Gasteiger partial charge in [0, 0.05) is 56.6 Å². The van der Waals surface area contributed by atoms with Gasteiger partial charge in [0.2, 0.25) is 0 Å². The number of anilines is 2. The number of para-hydroxylation sites is 3. The Labute approximate surface area is 359 Å². The van der Waals surface area contributed by atoms with Crippen molar-refractivity contribution in [3.8, 4) is 51.0 Å². The lowest BCUT2D eigenvalue weighted by molar-refractivity contribution is 0.747. The van der Waals surface area contributed by atoms with Crippen LogP contribution in [0.2, 0.25) is 0 Å². The molecule has 0 bridgehead atoms. The minimum Gasteiger partial charge on any atom is -0.333 e. The molecule has 1 aliphatic carbocycles. The first kappa shape index (κ1) is 35.7. The Morgan fingerprint density at radius 3 is 1.84 bits per heavy atom. The van der Waals surface area contributed by atoms with Crippen molar-refractivity contribution in [3.63, 3.8) is 0 Å². The van der Waals surface area contributed by atoms with Crippen LogP contribution in [-0.2, 0) is 0 Å². The van der Waals surface area contributed by atoms with Gasteiger partial charge in [0.15, 0.2) is 17.5 Å². The molecule has 7 aromatic carbocycles. The predicted molar refractivity (Wildman–Crippen MR) is 252 cm³/mol. The number of hydrogen-bond acceptors (Lipinski definition) is 5. The zero-order chi connectivity index (χ0) is 41.0. The minimum absolute atomic E-state index is 0.0579. The first-order valence-electron chi connectivity index (χ1n) is 21.1. The second-order valence-corrected chi connectivity index (χ2v) is 15.8. The maximum absolute atomic E-state index is 5.00. The maximum atomic E-state index is 5.00. The molecule has 0 radical (unpaired) electrons. The van der Waals surface area contributed by atoms with Crippen molar-refractivity contribution in [1.82, 2.24) is 24.5 Å². The molecule has 2 aliphatic rings. The molecule has 10 aromatic rings. The highest BCUT2D eigenvalue weighted by molar-refractivity contribution is 6.15. The summed E-state index contributed by atoms with van der Waals surface area (Å²) in [6.07, 6.45) is 8.80. The predicted octanol–water partition coefficient (Wildman–Crippen LogP) is 13.3. The van der Waals surface area contributed by atoms with Crippen LogP contribution in [0.25, 0.3) is 78.4 Å². The Kier molecular flexibility index (Phi) is 8.52. The molecule has 0 fully saturated rings. The summed E-state index contributed by atoms with van der Waals surface area (Å²) in [6.45, 7) is 0. The molecule has 0 spiro atoms. The molecule has 0 N–H and O–H groups in total. The number of aromatic nitrogens is 5. The molecule has 62 heavy (non-hydrogen) atoms. The van der Waals surface area contributed by atoms with E-state index >= 15 is 0 Å². The summed E-state index contributed by atoms with van der Waals surface area (Å²) in [5.74, 6) is 2.07. The number of benzene rings is 7. The Hall–Kier alpha value is -8.22. The van der Waals surface area contributed by atoms with Gasteiger partial charge >= 0.3 is 0 Å². The highest BCUT2D eigenvalue weighted by Gasteiger charge is 2.38. The van der Waals surface area contributed by atoms with Gasteiger partial charge in [0.1, 0.15) is 0 Å². The van der Waals surface area contributed by atoms with E-state index in [1.165, 1.54) is 44.2 Å². The van der Waals surface area contributed by atoms with Crippen LogP contribution in [0.1, 0.15) is 17.2 Å². The van der Waals surface area contributed by atoms with Crippen LogP contribution in [0.15, 0.2) is 219 Å². The molecule has 12 rings (SSSR count). The zero-order valence-electron chi connectivity index (χ0n) is 33.6. The molecule has 1 aliphatic heterocycles. The van der Waals surface area contributed by atoms with Gasteiger partial charge < -0.3 is 9.47 Å². The van der Waals surface area contributed by atoms with Gasteiger partial charge in [0.25, 0.3) is 0 Å². The van der Waals surface area contributed by atoms with Gasteiger partial charge in [-0.15, -0.1) is 0 Å².